The minimum atomic E-state index is -3.34. The number of hydrogen-bond acceptors (Lipinski definition) is 3. The van der Waals surface area contributed by atoms with E-state index in [0.29, 0.717) is 13.1 Å². The standard InChI is InChI=1S/C16H26N2O2S/c1-2-18(16(14-17)11-7-4-8-12-16)21(19,20)13-15-9-5-3-6-10-15/h3,5-6,9-10H,2,4,7-8,11-14,17H2,1H3. The van der Waals surface area contributed by atoms with Crippen molar-refractivity contribution >= 4 is 10.0 Å². The van der Waals surface area contributed by atoms with Crippen LogP contribution < -0.4 is 5.73 Å². The first kappa shape index (κ1) is 16.5. The second kappa shape index (κ2) is 6.90. The molecule has 118 valence electrons. The highest BCUT2D eigenvalue weighted by atomic mass is 32.2. The summed E-state index contributed by atoms with van der Waals surface area (Å²) in [5.41, 5.74) is 6.46. The lowest BCUT2D eigenvalue weighted by Crippen LogP contribution is -2.57. The maximum atomic E-state index is 12.9. The molecule has 0 saturated heterocycles. The molecule has 2 rings (SSSR count). The van der Waals surface area contributed by atoms with Gasteiger partial charge in [0.25, 0.3) is 0 Å². The van der Waals surface area contributed by atoms with Crippen molar-refractivity contribution in [2.75, 3.05) is 13.1 Å². The SMILES string of the molecule is CCN(C1(CN)CCCCC1)S(=O)(=O)Cc1ccccc1. The third-order valence-corrected chi connectivity index (χ3v) is 6.52. The molecule has 0 spiro atoms. The number of hydrogen-bond donors (Lipinski definition) is 1. The lowest BCUT2D eigenvalue weighted by molar-refractivity contribution is 0.141. The Kier molecular flexibility index (Phi) is 5.41. The topological polar surface area (TPSA) is 63.4 Å². The van der Waals surface area contributed by atoms with Crippen LogP contribution in [0.1, 0.15) is 44.6 Å². The normalized spacial score (nSPS) is 18.8. The van der Waals surface area contributed by atoms with Crippen LogP contribution in [0.5, 0.6) is 0 Å². The zero-order valence-corrected chi connectivity index (χ0v) is 13.6. The first-order valence-corrected chi connectivity index (χ1v) is 9.39. The average molecular weight is 310 g/mol. The molecule has 1 aliphatic rings. The zero-order chi connectivity index (χ0) is 15.3. The van der Waals surface area contributed by atoms with Crippen molar-refractivity contribution in [2.45, 2.75) is 50.3 Å². The second-order valence-electron chi connectivity index (χ2n) is 5.90. The van der Waals surface area contributed by atoms with E-state index in [2.05, 4.69) is 0 Å². The molecule has 0 amide bonds. The predicted octanol–water partition coefficient (Wildman–Crippen LogP) is 2.50. The largest absolute Gasteiger partial charge is 0.329 e. The third kappa shape index (κ3) is 3.65. The van der Waals surface area contributed by atoms with Gasteiger partial charge in [0.15, 0.2) is 0 Å². The van der Waals surface area contributed by atoms with Crippen molar-refractivity contribution in [1.29, 1.82) is 0 Å². The first-order chi connectivity index (χ1) is 10.0. The van der Waals surface area contributed by atoms with E-state index < -0.39 is 10.0 Å². The van der Waals surface area contributed by atoms with Gasteiger partial charge in [-0.15, -0.1) is 0 Å². The Morgan fingerprint density at radius 1 is 1.14 bits per heavy atom. The van der Waals surface area contributed by atoms with Crippen LogP contribution >= 0.6 is 0 Å². The number of nitrogens with zero attached hydrogens (tertiary/aromatic N) is 1. The van der Waals surface area contributed by atoms with Crippen molar-refractivity contribution in [3.63, 3.8) is 0 Å². The number of likely N-dealkylation sites (N-methyl/N-ethyl adjacent to an activating group) is 1. The molecule has 2 N–H and O–H groups in total. The minimum Gasteiger partial charge on any atom is -0.329 e. The summed E-state index contributed by atoms with van der Waals surface area (Å²) in [5.74, 6) is 0.0590. The van der Waals surface area contributed by atoms with Gasteiger partial charge in [0, 0.05) is 18.6 Å². The molecule has 1 fully saturated rings. The summed E-state index contributed by atoms with van der Waals surface area (Å²) in [6.45, 7) is 2.82. The second-order valence-corrected chi connectivity index (χ2v) is 7.79. The van der Waals surface area contributed by atoms with E-state index >= 15 is 0 Å². The van der Waals surface area contributed by atoms with Crippen molar-refractivity contribution < 1.29 is 8.42 Å². The van der Waals surface area contributed by atoms with E-state index in [1.54, 1.807) is 4.31 Å². The molecule has 0 heterocycles. The fourth-order valence-corrected chi connectivity index (χ4v) is 5.47. The van der Waals surface area contributed by atoms with Crippen LogP contribution in [-0.4, -0.2) is 31.4 Å². The van der Waals surface area contributed by atoms with E-state index in [1.165, 1.54) is 6.42 Å². The molecular formula is C16H26N2O2S. The summed E-state index contributed by atoms with van der Waals surface area (Å²) < 4.78 is 27.4. The third-order valence-electron chi connectivity index (χ3n) is 4.51. The van der Waals surface area contributed by atoms with Crippen molar-refractivity contribution in [2.24, 2.45) is 5.73 Å². The summed E-state index contributed by atoms with van der Waals surface area (Å²) in [6, 6.07) is 9.37. The highest BCUT2D eigenvalue weighted by Gasteiger charge is 2.42. The fraction of sp³-hybridized carbons (Fsp3) is 0.625. The molecule has 0 atom stereocenters. The highest BCUT2D eigenvalue weighted by molar-refractivity contribution is 7.88. The molecule has 0 aromatic heterocycles. The van der Waals surface area contributed by atoms with Crippen LogP contribution in [0.2, 0.25) is 0 Å². The van der Waals surface area contributed by atoms with Crippen molar-refractivity contribution in [3.05, 3.63) is 35.9 Å². The average Bonchev–Trinajstić information content (AvgIpc) is 2.49. The lowest BCUT2D eigenvalue weighted by Gasteiger charge is -2.44. The Morgan fingerprint density at radius 2 is 1.76 bits per heavy atom. The molecule has 0 bridgehead atoms. The van der Waals surface area contributed by atoms with Gasteiger partial charge < -0.3 is 5.73 Å². The van der Waals surface area contributed by atoms with Crippen LogP contribution in [0.3, 0.4) is 0 Å². The van der Waals surface area contributed by atoms with Gasteiger partial charge in [-0.2, -0.15) is 4.31 Å². The first-order valence-electron chi connectivity index (χ1n) is 7.78. The predicted molar refractivity (Wildman–Crippen MR) is 86.3 cm³/mol. The van der Waals surface area contributed by atoms with E-state index in [0.717, 1.165) is 31.2 Å². The van der Waals surface area contributed by atoms with E-state index in [4.69, 9.17) is 5.73 Å². The Hall–Kier alpha value is -0.910. The smallest absolute Gasteiger partial charge is 0.218 e. The summed E-state index contributed by atoms with van der Waals surface area (Å²) in [7, 11) is -3.34. The molecular weight excluding hydrogens is 284 g/mol. The molecule has 5 heteroatoms. The maximum Gasteiger partial charge on any atom is 0.218 e. The molecule has 1 saturated carbocycles. The summed E-state index contributed by atoms with van der Waals surface area (Å²) in [4.78, 5) is 0. The van der Waals surface area contributed by atoms with Crippen molar-refractivity contribution in [3.8, 4) is 0 Å². The Bertz CT molecular complexity index is 537. The Morgan fingerprint density at radius 3 is 2.29 bits per heavy atom. The van der Waals surface area contributed by atoms with Gasteiger partial charge in [-0.25, -0.2) is 8.42 Å². The number of sulfonamides is 1. The monoisotopic (exact) mass is 310 g/mol. The molecule has 0 aliphatic heterocycles. The molecule has 1 aromatic rings. The van der Waals surface area contributed by atoms with E-state index in [1.807, 2.05) is 37.3 Å². The number of rotatable bonds is 6. The van der Waals surface area contributed by atoms with Gasteiger partial charge in [-0.1, -0.05) is 56.5 Å². The number of benzene rings is 1. The van der Waals surface area contributed by atoms with Crippen molar-refractivity contribution in [1.82, 2.24) is 4.31 Å². The molecule has 0 radical (unpaired) electrons. The summed E-state index contributed by atoms with van der Waals surface area (Å²) in [5, 5.41) is 0. The quantitative estimate of drug-likeness (QED) is 0.878. The van der Waals surface area contributed by atoms with Gasteiger partial charge in [-0.05, 0) is 18.4 Å². The van der Waals surface area contributed by atoms with Crippen LogP contribution in [0, 0.1) is 0 Å². The fourth-order valence-electron chi connectivity index (χ4n) is 3.46. The summed E-state index contributed by atoms with van der Waals surface area (Å²) in [6.07, 6.45) is 5.07. The van der Waals surface area contributed by atoms with Gasteiger partial charge in [-0.3, -0.25) is 0 Å². The highest BCUT2D eigenvalue weighted by Crippen LogP contribution is 2.35. The molecule has 1 aromatic carbocycles. The molecule has 1 aliphatic carbocycles. The Balaban J connectivity index is 2.26. The van der Waals surface area contributed by atoms with Gasteiger partial charge in [0.1, 0.15) is 0 Å². The molecule has 4 nitrogen and oxygen atoms in total. The molecule has 21 heavy (non-hydrogen) atoms. The summed E-state index contributed by atoms with van der Waals surface area (Å²) >= 11 is 0. The maximum absolute atomic E-state index is 12.9. The van der Waals surface area contributed by atoms with Crippen LogP contribution in [-0.2, 0) is 15.8 Å². The zero-order valence-electron chi connectivity index (χ0n) is 12.8. The minimum absolute atomic E-state index is 0.0590. The lowest BCUT2D eigenvalue weighted by atomic mass is 9.81. The molecule has 0 unspecified atom stereocenters. The van der Waals surface area contributed by atoms with E-state index in [-0.39, 0.29) is 11.3 Å². The van der Waals surface area contributed by atoms with Crippen LogP contribution in [0.4, 0.5) is 0 Å². The Labute approximate surface area is 128 Å². The van der Waals surface area contributed by atoms with Gasteiger partial charge in [0.2, 0.25) is 10.0 Å². The number of nitrogens with two attached hydrogens (primary N) is 1. The van der Waals surface area contributed by atoms with E-state index in [9.17, 15) is 8.42 Å². The van der Waals surface area contributed by atoms with Crippen LogP contribution in [0.15, 0.2) is 30.3 Å². The van der Waals surface area contributed by atoms with Crippen LogP contribution in [0.25, 0.3) is 0 Å². The van der Waals surface area contributed by atoms with Gasteiger partial charge in [0.05, 0.1) is 5.75 Å². The van der Waals surface area contributed by atoms with Gasteiger partial charge >= 0.3 is 0 Å².